The molecule has 28 heavy (non-hydrogen) atoms. The van der Waals surface area contributed by atoms with Crippen LogP contribution >= 0.6 is 0 Å². The molecule has 0 aliphatic heterocycles. The molecule has 0 bridgehead atoms. The summed E-state index contributed by atoms with van der Waals surface area (Å²) >= 11 is 0. The SMILES string of the molecule is CC(C)(C)c1ccc(C(CC(=O)O)NC(=O)CNC(=O)c2ccccc2)cc1. The van der Waals surface area contributed by atoms with E-state index in [-0.39, 0.29) is 24.3 Å². The molecule has 6 nitrogen and oxygen atoms in total. The monoisotopic (exact) mass is 382 g/mol. The Hall–Kier alpha value is -3.15. The largest absolute Gasteiger partial charge is 0.481 e. The van der Waals surface area contributed by atoms with Crippen molar-refractivity contribution in [2.45, 2.75) is 38.6 Å². The Morgan fingerprint density at radius 2 is 1.57 bits per heavy atom. The van der Waals surface area contributed by atoms with E-state index in [9.17, 15) is 19.5 Å². The number of carboxylic acids is 1. The minimum Gasteiger partial charge on any atom is -0.481 e. The Morgan fingerprint density at radius 1 is 0.964 bits per heavy atom. The van der Waals surface area contributed by atoms with Crippen LogP contribution in [0.3, 0.4) is 0 Å². The molecule has 0 aromatic heterocycles. The topological polar surface area (TPSA) is 95.5 Å². The van der Waals surface area contributed by atoms with Crippen LogP contribution in [-0.2, 0) is 15.0 Å². The van der Waals surface area contributed by atoms with Crippen molar-refractivity contribution in [3.63, 3.8) is 0 Å². The van der Waals surface area contributed by atoms with Gasteiger partial charge in [-0.2, -0.15) is 0 Å². The molecule has 2 aromatic carbocycles. The number of rotatable bonds is 7. The van der Waals surface area contributed by atoms with E-state index < -0.39 is 17.9 Å². The lowest BCUT2D eigenvalue weighted by Gasteiger charge is -2.22. The minimum atomic E-state index is -1.02. The number of benzene rings is 2. The fourth-order valence-electron chi connectivity index (χ4n) is 2.74. The standard InChI is InChI=1S/C22H26N2O4/c1-22(2,3)17-11-9-15(10-12-17)18(13-20(26)27)24-19(25)14-23-21(28)16-7-5-4-6-8-16/h4-12,18H,13-14H2,1-3H3,(H,23,28)(H,24,25)(H,26,27). The van der Waals surface area contributed by atoms with E-state index in [2.05, 4.69) is 31.4 Å². The highest BCUT2D eigenvalue weighted by atomic mass is 16.4. The van der Waals surface area contributed by atoms with Crippen LogP contribution in [0.2, 0.25) is 0 Å². The predicted molar refractivity (Wildman–Crippen MR) is 107 cm³/mol. The Kier molecular flexibility index (Phi) is 6.93. The summed E-state index contributed by atoms with van der Waals surface area (Å²) < 4.78 is 0. The minimum absolute atomic E-state index is 0.0220. The lowest BCUT2D eigenvalue weighted by Crippen LogP contribution is -2.39. The Labute approximate surface area is 165 Å². The third-order valence-electron chi connectivity index (χ3n) is 4.34. The predicted octanol–water partition coefficient (Wildman–Crippen LogP) is 3.05. The molecule has 1 unspecified atom stereocenters. The Balaban J connectivity index is 2.02. The van der Waals surface area contributed by atoms with Crippen molar-refractivity contribution in [1.82, 2.24) is 10.6 Å². The molecule has 2 amide bonds. The average Bonchev–Trinajstić information content (AvgIpc) is 2.65. The maximum Gasteiger partial charge on any atom is 0.305 e. The van der Waals surface area contributed by atoms with Crippen molar-refractivity contribution >= 4 is 17.8 Å². The zero-order valence-electron chi connectivity index (χ0n) is 16.4. The van der Waals surface area contributed by atoms with Gasteiger partial charge in [0.1, 0.15) is 0 Å². The maximum atomic E-state index is 12.3. The quantitative estimate of drug-likeness (QED) is 0.686. The number of carbonyl (C=O) groups excluding carboxylic acids is 2. The Morgan fingerprint density at radius 3 is 2.11 bits per heavy atom. The summed E-state index contributed by atoms with van der Waals surface area (Å²) in [4.78, 5) is 35.5. The first-order chi connectivity index (χ1) is 13.2. The van der Waals surface area contributed by atoms with E-state index >= 15 is 0 Å². The van der Waals surface area contributed by atoms with Crippen LogP contribution in [0.5, 0.6) is 0 Å². The summed E-state index contributed by atoms with van der Waals surface area (Å²) in [6.07, 6.45) is -0.243. The molecule has 0 fully saturated rings. The number of carbonyl (C=O) groups is 3. The second-order valence-electron chi connectivity index (χ2n) is 7.64. The van der Waals surface area contributed by atoms with Gasteiger partial charge in [-0.1, -0.05) is 63.2 Å². The Bertz CT molecular complexity index is 824. The molecule has 0 saturated carbocycles. The van der Waals surface area contributed by atoms with Crippen molar-refractivity contribution in [2.24, 2.45) is 0 Å². The first-order valence-corrected chi connectivity index (χ1v) is 9.11. The van der Waals surface area contributed by atoms with Crippen molar-refractivity contribution in [2.75, 3.05) is 6.54 Å². The van der Waals surface area contributed by atoms with Crippen LogP contribution in [-0.4, -0.2) is 29.4 Å². The highest BCUT2D eigenvalue weighted by molar-refractivity contribution is 5.96. The lowest BCUT2D eigenvalue weighted by atomic mass is 9.86. The molecule has 0 heterocycles. The molecular weight excluding hydrogens is 356 g/mol. The number of hydrogen-bond acceptors (Lipinski definition) is 3. The van der Waals surface area contributed by atoms with E-state index in [0.717, 1.165) is 5.56 Å². The van der Waals surface area contributed by atoms with Crippen molar-refractivity contribution in [3.8, 4) is 0 Å². The summed E-state index contributed by atoms with van der Waals surface area (Å²) in [5.74, 6) is -1.82. The number of amides is 2. The number of hydrogen-bond donors (Lipinski definition) is 3. The number of carboxylic acid groups (broad SMARTS) is 1. The van der Waals surface area contributed by atoms with Gasteiger partial charge in [-0.05, 0) is 28.7 Å². The molecule has 148 valence electrons. The number of nitrogens with one attached hydrogen (secondary N) is 2. The molecule has 2 rings (SSSR count). The molecule has 3 N–H and O–H groups in total. The smallest absolute Gasteiger partial charge is 0.305 e. The maximum absolute atomic E-state index is 12.3. The van der Waals surface area contributed by atoms with Gasteiger partial charge < -0.3 is 15.7 Å². The van der Waals surface area contributed by atoms with Gasteiger partial charge in [0, 0.05) is 5.56 Å². The highest BCUT2D eigenvalue weighted by Crippen LogP contribution is 2.25. The number of aliphatic carboxylic acids is 1. The first kappa shape index (κ1) is 21.2. The second-order valence-corrected chi connectivity index (χ2v) is 7.64. The summed E-state index contributed by atoms with van der Waals surface area (Å²) in [7, 11) is 0. The van der Waals surface area contributed by atoms with Crippen LogP contribution in [0.1, 0.15) is 54.7 Å². The van der Waals surface area contributed by atoms with Crippen molar-refractivity contribution in [3.05, 3.63) is 71.3 Å². The zero-order valence-corrected chi connectivity index (χ0v) is 16.4. The van der Waals surface area contributed by atoms with E-state index in [1.54, 1.807) is 30.3 Å². The first-order valence-electron chi connectivity index (χ1n) is 9.11. The molecule has 0 saturated heterocycles. The van der Waals surface area contributed by atoms with Crippen molar-refractivity contribution in [1.29, 1.82) is 0 Å². The van der Waals surface area contributed by atoms with Crippen LogP contribution in [0.4, 0.5) is 0 Å². The van der Waals surface area contributed by atoms with E-state index in [1.807, 2.05) is 24.3 Å². The van der Waals surface area contributed by atoms with E-state index in [0.29, 0.717) is 11.1 Å². The lowest BCUT2D eigenvalue weighted by molar-refractivity contribution is -0.137. The van der Waals surface area contributed by atoms with Gasteiger partial charge in [-0.25, -0.2) is 0 Å². The highest BCUT2D eigenvalue weighted by Gasteiger charge is 2.20. The molecule has 6 heteroatoms. The van der Waals surface area contributed by atoms with Crippen LogP contribution < -0.4 is 10.6 Å². The van der Waals surface area contributed by atoms with Gasteiger partial charge in [-0.15, -0.1) is 0 Å². The van der Waals surface area contributed by atoms with Gasteiger partial charge >= 0.3 is 5.97 Å². The molecule has 0 radical (unpaired) electrons. The molecule has 0 aliphatic rings. The van der Waals surface area contributed by atoms with Gasteiger partial charge in [0.25, 0.3) is 5.91 Å². The van der Waals surface area contributed by atoms with Gasteiger partial charge in [0.05, 0.1) is 19.0 Å². The van der Waals surface area contributed by atoms with Crippen LogP contribution in [0.15, 0.2) is 54.6 Å². The normalized spacial score (nSPS) is 12.1. The van der Waals surface area contributed by atoms with Gasteiger partial charge in [0.2, 0.25) is 5.91 Å². The fourth-order valence-corrected chi connectivity index (χ4v) is 2.74. The molecule has 2 aromatic rings. The molecular formula is C22H26N2O4. The van der Waals surface area contributed by atoms with E-state index in [1.165, 1.54) is 0 Å². The second kappa shape index (κ2) is 9.17. The fraction of sp³-hybridized carbons (Fsp3) is 0.318. The summed E-state index contributed by atoms with van der Waals surface area (Å²) in [6, 6.07) is 15.4. The van der Waals surface area contributed by atoms with Crippen molar-refractivity contribution < 1.29 is 19.5 Å². The summed E-state index contributed by atoms with van der Waals surface area (Å²) in [6.45, 7) is 6.04. The molecule has 0 spiro atoms. The van der Waals surface area contributed by atoms with Crippen LogP contribution in [0.25, 0.3) is 0 Å². The van der Waals surface area contributed by atoms with Gasteiger partial charge in [-0.3, -0.25) is 14.4 Å². The summed E-state index contributed by atoms with van der Waals surface area (Å²) in [5.41, 5.74) is 2.26. The van der Waals surface area contributed by atoms with Gasteiger partial charge in [0.15, 0.2) is 0 Å². The third kappa shape index (κ3) is 6.23. The molecule has 1 atom stereocenters. The average molecular weight is 382 g/mol. The zero-order chi connectivity index (χ0) is 20.7. The third-order valence-corrected chi connectivity index (χ3v) is 4.34. The molecule has 0 aliphatic carbocycles. The van der Waals surface area contributed by atoms with Crippen LogP contribution in [0, 0.1) is 0 Å². The summed E-state index contributed by atoms with van der Waals surface area (Å²) in [5, 5.41) is 14.4. The van der Waals surface area contributed by atoms with E-state index in [4.69, 9.17) is 0 Å².